The fourth-order valence-electron chi connectivity index (χ4n) is 2.64. The molecule has 2 heterocycles. The molecule has 4 nitrogen and oxygen atoms in total. The van der Waals surface area contributed by atoms with Gasteiger partial charge < -0.3 is 0 Å². The number of hydrogen-bond acceptors (Lipinski definition) is 5. The van der Waals surface area contributed by atoms with Gasteiger partial charge in [0.2, 0.25) is 5.13 Å². The van der Waals surface area contributed by atoms with Crippen LogP contribution in [0.5, 0.6) is 0 Å². The van der Waals surface area contributed by atoms with E-state index in [4.69, 9.17) is 0 Å². The van der Waals surface area contributed by atoms with Crippen LogP contribution in [0.15, 0.2) is 47.1 Å². The first-order valence-corrected chi connectivity index (χ1v) is 8.24. The third-order valence-corrected chi connectivity index (χ3v) is 4.26. The molecule has 0 amide bonds. The number of hydrogen-bond donors (Lipinski definition) is 1. The van der Waals surface area contributed by atoms with Crippen molar-refractivity contribution in [1.29, 1.82) is 0 Å². The van der Waals surface area contributed by atoms with Crippen LogP contribution < -0.4 is 5.43 Å². The second-order valence-electron chi connectivity index (χ2n) is 5.46. The zero-order valence-corrected chi connectivity index (χ0v) is 14.2. The summed E-state index contributed by atoms with van der Waals surface area (Å²) in [4.78, 5) is 8.62. The maximum atomic E-state index is 4.64. The molecule has 0 radical (unpaired) electrons. The molecule has 0 aliphatic carbocycles. The molecule has 0 aliphatic heterocycles. The van der Waals surface area contributed by atoms with Crippen LogP contribution in [-0.4, -0.2) is 16.2 Å². The highest BCUT2D eigenvalue weighted by Gasteiger charge is 2.10. The number of rotatable bonds is 4. The molecule has 0 aliphatic rings. The Morgan fingerprint density at radius 2 is 1.78 bits per heavy atom. The van der Waals surface area contributed by atoms with E-state index in [1.165, 1.54) is 22.3 Å². The minimum absolute atomic E-state index is 0.782. The lowest BCUT2D eigenvalue weighted by Gasteiger charge is -2.08. The van der Waals surface area contributed by atoms with Gasteiger partial charge in [0.15, 0.2) is 0 Å². The first-order chi connectivity index (χ1) is 11.1. The minimum atomic E-state index is 0.782. The van der Waals surface area contributed by atoms with E-state index in [9.17, 15) is 0 Å². The summed E-state index contributed by atoms with van der Waals surface area (Å²) in [6.07, 6.45) is 5.24. The highest BCUT2D eigenvalue weighted by Crippen LogP contribution is 2.30. The summed E-state index contributed by atoms with van der Waals surface area (Å²) in [6.45, 7) is 6.37. The summed E-state index contributed by atoms with van der Waals surface area (Å²) in [5, 5.41) is 7.07. The minimum Gasteiger partial charge on any atom is -0.265 e. The monoisotopic (exact) mass is 322 g/mol. The molecule has 116 valence electrons. The van der Waals surface area contributed by atoms with Gasteiger partial charge in [-0.25, -0.2) is 4.98 Å². The van der Waals surface area contributed by atoms with Crippen LogP contribution in [0.4, 0.5) is 5.13 Å². The quantitative estimate of drug-likeness (QED) is 0.565. The molecule has 0 fully saturated rings. The van der Waals surface area contributed by atoms with Crippen molar-refractivity contribution in [3.05, 3.63) is 64.3 Å². The van der Waals surface area contributed by atoms with Gasteiger partial charge in [-0.15, -0.1) is 11.3 Å². The first kappa shape index (κ1) is 15.4. The molecule has 0 atom stereocenters. The summed E-state index contributed by atoms with van der Waals surface area (Å²) >= 11 is 1.55. The van der Waals surface area contributed by atoms with Gasteiger partial charge in [-0.1, -0.05) is 17.7 Å². The number of aryl methyl sites for hydroxylation is 3. The summed E-state index contributed by atoms with van der Waals surface area (Å²) in [5.74, 6) is 0. The van der Waals surface area contributed by atoms with Crippen molar-refractivity contribution in [3.63, 3.8) is 0 Å². The Labute approximate surface area is 140 Å². The smallest absolute Gasteiger partial charge is 0.203 e. The van der Waals surface area contributed by atoms with E-state index in [2.05, 4.69) is 58.8 Å². The Morgan fingerprint density at radius 1 is 1.09 bits per heavy atom. The van der Waals surface area contributed by atoms with E-state index in [1.807, 2.05) is 12.1 Å². The Bertz CT molecular complexity index is 814. The molecule has 3 aromatic rings. The number of thiazole rings is 1. The molecule has 0 spiro atoms. The second kappa shape index (κ2) is 6.71. The van der Waals surface area contributed by atoms with Gasteiger partial charge in [-0.3, -0.25) is 10.4 Å². The van der Waals surface area contributed by atoms with E-state index in [1.54, 1.807) is 29.9 Å². The summed E-state index contributed by atoms with van der Waals surface area (Å²) in [5.41, 5.74) is 9.96. The van der Waals surface area contributed by atoms with Crippen molar-refractivity contribution in [2.24, 2.45) is 5.10 Å². The molecule has 5 heteroatoms. The van der Waals surface area contributed by atoms with Gasteiger partial charge in [0.25, 0.3) is 0 Å². The second-order valence-corrected chi connectivity index (χ2v) is 6.32. The van der Waals surface area contributed by atoms with Crippen LogP contribution in [0.3, 0.4) is 0 Å². The Morgan fingerprint density at radius 3 is 2.48 bits per heavy atom. The van der Waals surface area contributed by atoms with E-state index in [0.29, 0.717) is 0 Å². The van der Waals surface area contributed by atoms with Crippen molar-refractivity contribution in [2.75, 3.05) is 5.43 Å². The fourth-order valence-corrected chi connectivity index (χ4v) is 3.29. The number of nitrogens with one attached hydrogen (secondary N) is 1. The van der Waals surface area contributed by atoms with Gasteiger partial charge in [0, 0.05) is 23.3 Å². The number of nitrogens with zero attached hydrogens (tertiary/aromatic N) is 3. The van der Waals surface area contributed by atoms with Crippen molar-refractivity contribution in [2.45, 2.75) is 20.8 Å². The average Bonchev–Trinajstić information content (AvgIpc) is 2.96. The van der Waals surface area contributed by atoms with Crippen LogP contribution >= 0.6 is 11.3 Å². The first-order valence-electron chi connectivity index (χ1n) is 7.36. The molecule has 23 heavy (non-hydrogen) atoms. The summed E-state index contributed by atoms with van der Waals surface area (Å²) < 4.78 is 0. The predicted octanol–water partition coefficient (Wildman–Crippen LogP) is 4.58. The molecule has 0 unspecified atom stereocenters. The van der Waals surface area contributed by atoms with E-state index in [-0.39, 0.29) is 0 Å². The van der Waals surface area contributed by atoms with Crippen molar-refractivity contribution >= 4 is 22.7 Å². The van der Waals surface area contributed by atoms with Crippen LogP contribution in [0, 0.1) is 20.8 Å². The third-order valence-electron chi connectivity index (χ3n) is 3.52. The third kappa shape index (κ3) is 3.63. The fraction of sp³-hybridized carbons (Fsp3) is 0.167. The summed E-state index contributed by atoms with van der Waals surface area (Å²) in [6, 6.07) is 8.18. The van der Waals surface area contributed by atoms with Crippen LogP contribution in [0.2, 0.25) is 0 Å². The number of benzene rings is 1. The standard InChI is InChI=1S/C18H18N4S/c1-12-8-13(2)17(14(3)9-12)16-11-23-18(21-16)22-20-10-15-4-6-19-7-5-15/h4-11H,1-3H3,(H,21,22)/b20-10-. The lowest BCUT2D eigenvalue weighted by Crippen LogP contribution is -1.92. The Hall–Kier alpha value is -2.53. The molecule has 0 bridgehead atoms. The largest absolute Gasteiger partial charge is 0.265 e. The maximum Gasteiger partial charge on any atom is 0.203 e. The SMILES string of the molecule is Cc1cc(C)c(-c2csc(N/N=C\c3ccncc3)n2)c(C)c1. The molecule has 2 aromatic heterocycles. The highest BCUT2D eigenvalue weighted by atomic mass is 32.1. The maximum absolute atomic E-state index is 4.64. The molecular formula is C18H18N4S. The predicted molar refractivity (Wildman–Crippen MR) is 97.2 cm³/mol. The molecule has 1 aromatic carbocycles. The van der Waals surface area contributed by atoms with Crippen LogP contribution in [0.25, 0.3) is 11.3 Å². The number of aromatic nitrogens is 2. The van der Waals surface area contributed by atoms with Gasteiger partial charge in [-0.2, -0.15) is 5.10 Å². The molecular weight excluding hydrogens is 304 g/mol. The highest BCUT2D eigenvalue weighted by molar-refractivity contribution is 7.14. The molecule has 1 N–H and O–H groups in total. The molecule has 0 saturated heterocycles. The van der Waals surface area contributed by atoms with Crippen molar-refractivity contribution in [1.82, 2.24) is 9.97 Å². The van der Waals surface area contributed by atoms with Gasteiger partial charge in [0.05, 0.1) is 11.9 Å². The summed E-state index contributed by atoms with van der Waals surface area (Å²) in [7, 11) is 0. The number of hydrazone groups is 1. The van der Waals surface area contributed by atoms with E-state index in [0.717, 1.165) is 16.4 Å². The van der Waals surface area contributed by atoms with Crippen molar-refractivity contribution < 1.29 is 0 Å². The normalized spacial score (nSPS) is 11.1. The average molecular weight is 322 g/mol. The van der Waals surface area contributed by atoms with Crippen molar-refractivity contribution in [3.8, 4) is 11.3 Å². The molecule has 3 rings (SSSR count). The lowest BCUT2D eigenvalue weighted by molar-refractivity contribution is 1.26. The Balaban J connectivity index is 1.78. The Kier molecular flexibility index (Phi) is 4.48. The number of anilines is 1. The van der Waals surface area contributed by atoms with Crippen LogP contribution in [0.1, 0.15) is 22.3 Å². The van der Waals surface area contributed by atoms with Gasteiger partial charge in [0.1, 0.15) is 0 Å². The zero-order valence-electron chi connectivity index (χ0n) is 13.4. The molecule has 0 saturated carbocycles. The number of pyridine rings is 1. The zero-order chi connectivity index (χ0) is 16.2. The van der Waals surface area contributed by atoms with Crippen LogP contribution in [-0.2, 0) is 0 Å². The van der Waals surface area contributed by atoms with E-state index >= 15 is 0 Å². The lowest BCUT2D eigenvalue weighted by atomic mass is 9.98. The topological polar surface area (TPSA) is 50.2 Å². The van der Waals surface area contributed by atoms with E-state index < -0.39 is 0 Å². The van der Waals surface area contributed by atoms with Gasteiger partial charge in [-0.05, 0) is 49.6 Å². The van der Waals surface area contributed by atoms with Gasteiger partial charge >= 0.3 is 0 Å².